The molecule has 0 bridgehead atoms. The predicted molar refractivity (Wildman–Crippen MR) is 85.7 cm³/mol. The Labute approximate surface area is 131 Å². The summed E-state index contributed by atoms with van der Waals surface area (Å²) in [6.07, 6.45) is 0. The molecule has 0 heterocycles. The second-order valence-electron chi connectivity index (χ2n) is 5.22. The molecule has 1 unspecified atom stereocenters. The van der Waals surface area contributed by atoms with E-state index in [0.29, 0.717) is 5.75 Å². The van der Waals surface area contributed by atoms with Gasteiger partial charge >= 0.3 is 0 Å². The summed E-state index contributed by atoms with van der Waals surface area (Å²) in [5, 5.41) is 11.9. The lowest BCUT2D eigenvalue weighted by Crippen LogP contribution is -2.43. The lowest BCUT2D eigenvalue weighted by Gasteiger charge is -2.26. The van der Waals surface area contributed by atoms with Gasteiger partial charge in [0.15, 0.2) is 5.06 Å². The maximum atomic E-state index is 11.9. The fraction of sp³-hybridized carbons (Fsp3) is 0.571. The van der Waals surface area contributed by atoms with Gasteiger partial charge in [0.25, 0.3) is 10.1 Å². The lowest BCUT2D eigenvalue weighted by molar-refractivity contribution is 0.109. The first-order valence-electron chi connectivity index (χ1n) is 6.72. The largest absolute Gasteiger partial charge is 0.367 e. The SMILES string of the molecule is Cc1ccc(S(=O)(=O)OCCSC(C)(O)NC(C)C)cc1. The van der Waals surface area contributed by atoms with E-state index in [-0.39, 0.29) is 17.5 Å². The Balaban J connectivity index is 2.46. The molecule has 1 rings (SSSR count). The Hall–Kier alpha value is -0.600. The van der Waals surface area contributed by atoms with Gasteiger partial charge in [0.2, 0.25) is 0 Å². The van der Waals surface area contributed by atoms with Crippen LogP contribution in [0.3, 0.4) is 0 Å². The average molecular weight is 333 g/mol. The summed E-state index contributed by atoms with van der Waals surface area (Å²) in [5.41, 5.74) is 0.986. The van der Waals surface area contributed by atoms with Gasteiger partial charge in [0, 0.05) is 11.8 Å². The van der Waals surface area contributed by atoms with Crippen LogP contribution in [0.5, 0.6) is 0 Å². The fourth-order valence-corrected chi connectivity index (χ4v) is 3.63. The zero-order valence-corrected chi connectivity index (χ0v) is 14.4. The molecule has 1 atom stereocenters. The van der Waals surface area contributed by atoms with E-state index in [2.05, 4.69) is 5.32 Å². The first-order valence-corrected chi connectivity index (χ1v) is 9.12. The number of aryl methyl sites for hydroxylation is 1. The van der Waals surface area contributed by atoms with E-state index in [0.717, 1.165) is 5.56 Å². The molecule has 1 aromatic carbocycles. The lowest BCUT2D eigenvalue weighted by atomic mass is 10.2. The molecule has 0 aromatic heterocycles. The third-order valence-corrected chi connectivity index (χ3v) is 4.95. The minimum Gasteiger partial charge on any atom is -0.367 e. The van der Waals surface area contributed by atoms with Gasteiger partial charge < -0.3 is 5.11 Å². The maximum absolute atomic E-state index is 11.9. The number of hydrogen-bond acceptors (Lipinski definition) is 6. The van der Waals surface area contributed by atoms with Gasteiger partial charge in [-0.3, -0.25) is 9.50 Å². The van der Waals surface area contributed by atoms with Gasteiger partial charge in [-0.25, -0.2) is 0 Å². The molecule has 0 amide bonds. The van der Waals surface area contributed by atoms with Gasteiger partial charge in [0.05, 0.1) is 11.5 Å². The molecule has 1 aromatic rings. The number of hydrogen-bond donors (Lipinski definition) is 2. The van der Waals surface area contributed by atoms with Crippen molar-refractivity contribution in [3.05, 3.63) is 29.8 Å². The van der Waals surface area contributed by atoms with E-state index in [1.165, 1.54) is 23.9 Å². The molecule has 7 heteroatoms. The highest BCUT2D eigenvalue weighted by molar-refractivity contribution is 8.00. The number of nitrogens with one attached hydrogen (secondary N) is 1. The van der Waals surface area contributed by atoms with E-state index in [1.54, 1.807) is 19.1 Å². The quantitative estimate of drug-likeness (QED) is 0.431. The standard InChI is InChI=1S/C14H23NO4S2/c1-11(2)15-14(4,16)20-10-9-19-21(17,18)13-7-5-12(3)6-8-13/h5-8,11,15-16H,9-10H2,1-4H3. The van der Waals surface area contributed by atoms with Crippen molar-refractivity contribution < 1.29 is 17.7 Å². The first-order chi connectivity index (χ1) is 9.62. The maximum Gasteiger partial charge on any atom is 0.296 e. The summed E-state index contributed by atoms with van der Waals surface area (Å²) in [6, 6.07) is 6.62. The summed E-state index contributed by atoms with van der Waals surface area (Å²) in [5.74, 6) is 0.359. The van der Waals surface area contributed by atoms with Crippen molar-refractivity contribution in [1.29, 1.82) is 0 Å². The first kappa shape index (κ1) is 18.4. The molecule has 0 radical (unpaired) electrons. The number of thioether (sulfide) groups is 1. The van der Waals surface area contributed by atoms with E-state index in [9.17, 15) is 13.5 Å². The number of rotatable bonds is 8. The minimum atomic E-state index is -3.73. The average Bonchev–Trinajstić information content (AvgIpc) is 2.34. The third kappa shape index (κ3) is 6.80. The van der Waals surface area contributed by atoms with Crippen LogP contribution < -0.4 is 5.32 Å². The van der Waals surface area contributed by atoms with Crippen LogP contribution in [0.2, 0.25) is 0 Å². The normalized spacial score (nSPS) is 15.1. The van der Waals surface area contributed by atoms with E-state index >= 15 is 0 Å². The predicted octanol–water partition coefficient (Wildman–Crippen LogP) is 2.10. The molecule has 0 fully saturated rings. The number of aliphatic hydroxyl groups is 1. The Kier molecular flexibility index (Phi) is 6.68. The van der Waals surface area contributed by atoms with E-state index in [1.807, 2.05) is 20.8 Å². The van der Waals surface area contributed by atoms with Gasteiger partial charge in [0.1, 0.15) is 0 Å². The summed E-state index contributed by atoms with van der Waals surface area (Å²) >= 11 is 1.20. The molecule has 2 N–H and O–H groups in total. The topological polar surface area (TPSA) is 75.6 Å². The molecule has 21 heavy (non-hydrogen) atoms. The molecule has 0 aliphatic carbocycles. The van der Waals surface area contributed by atoms with Gasteiger partial charge in [-0.15, -0.1) is 11.8 Å². The van der Waals surface area contributed by atoms with Crippen LogP contribution in [0.15, 0.2) is 29.2 Å². The number of benzene rings is 1. The highest BCUT2D eigenvalue weighted by Gasteiger charge is 2.22. The van der Waals surface area contributed by atoms with Crippen LogP contribution in [0.25, 0.3) is 0 Å². The van der Waals surface area contributed by atoms with Crippen LogP contribution >= 0.6 is 11.8 Å². The van der Waals surface area contributed by atoms with Crippen LogP contribution in [0, 0.1) is 6.92 Å². The molecule has 120 valence electrons. The van der Waals surface area contributed by atoms with Crippen molar-refractivity contribution in [3.8, 4) is 0 Å². The zero-order valence-electron chi connectivity index (χ0n) is 12.8. The summed E-state index contributed by atoms with van der Waals surface area (Å²) < 4.78 is 28.8. The third-order valence-electron chi connectivity index (χ3n) is 2.57. The Morgan fingerprint density at radius 2 is 1.90 bits per heavy atom. The summed E-state index contributed by atoms with van der Waals surface area (Å²) in [4.78, 5) is 0.144. The molecule has 0 spiro atoms. The molecular formula is C14H23NO4S2. The molecule has 0 aliphatic rings. The highest BCUT2D eigenvalue weighted by Crippen LogP contribution is 2.20. The monoisotopic (exact) mass is 333 g/mol. The van der Waals surface area contributed by atoms with E-state index < -0.39 is 15.2 Å². The van der Waals surface area contributed by atoms with Crippen molar-refractivity contribution in [3.63, 3.8) is 0 Å². The van der Waals surface area contributed by atoms with Crippen LogP contribution in [-0.4, -0.2) is 37.0 Å². The van der Waals surface area contributed by atoms with E-state index in [4.69, 9.17) is 4.18 Å². The molecule has 0 saturated carbocycles. The summed E-state index contributed by atoms with van der Waals surface area (Å²) in [6.45, 7) is 7.38. The van der Waals surface area contributed by atoms with Crippen LogP contribution in [-0.2, 0) is 14.3 Å². The molecular weight excluding hydrogens is 310 g/mol. The van der Waals surface area contributed by atoms with Crippen LogP contribution in [0.1, 0.15) is 26.3 Å². The fourth-order valence-electron chi connectivity index (χ4n) is 1.73. The summed E-state index contributed by atoms with van der Waals surface area (Å²) in [7, 11) is -3.73. The van der Waals surface area contributed by atoms with Gasteiger partial charge in [-0.2, -0.15) is 8.42 Å². The van der Waals surface area contributed by atoms with Gasteiger partial charge in [-0.1, -0.05) is 17.7 Å². The smallest absolute Gasteiger partial charge is 0.296 e. The van der Waals surface area contributed by atoms with Crippen molar-refractivity contribution >= 4 is 21.9 Å². The Bertz CT molecular complexity index is 539. The van der Waals surface area contributed by atoms with Crippen molar-refractivity contribution in [2.24, 2.45) is 0 Å². The zero-order chi connectivity index (χ0) is 16.1. The van der Waals surface area contributed by atoms with Crippen molar-refractivity contribution in [2.75, 3.05) is 12.4 Å². The van der Waals surface area contributed by atoms with Crippen LogP contribution in [0.4, 0.5) is 0 Å². The second-order valence-corrected chi connectivity index (χ2v) is 8.33. The van der Waals surface area contributed by atoms with Gasteiger partial charge in [-0.05, 0) is 39.8 Å². The molecule has 0 aliphatic heterocycles. The highest BCUT2D eigenvalue weighted by atomic mass is 32.2. The molecule has 0 saturated heterocycles. The Morgan fingerprint density at radius 1 is 1.33 bits per heavy atom. The van der Waals surface area contributed by atoms with Crippen molar-refractivity contribution in [1.82, 2.24) is 5.32 Å². The Morgan fingerprint density at radius 3 is 2.43 bits per heavy atom. The molecule has 5 nitrogen and oxygen atoms in total. The van der Waals surface area contributed by atoms with Crippen molar-refractivity contribution in [2.45, 2.75) is 43.7 Å². The minimum absolute atomic E-state index is 0.0107. The second kappa shape index (κ2) is 7.60.